The fourth-order valence-electron chi connectivity index (χ4n) is 3.88. The van der Waals surface area contributed by atoms with Crippen LogP contribution in [0.3, 0.4) is 0 Å². The lowest BCUT2D eigenvalue weighted by Gasteiger charge is -2.37. The van der Waals surface area contributed by atoms with Gasteiger partial charge in [-0.3, -0.25) is 0 Å². The number of benzene rings is 2. The molecule has 0 amide bonds. The minimum Gasteiger partial charge on any atom is -0.497 e. The van der Waals surface area contributed by atoms with Crippen LogP contribution < -0.4 is 25.2 Å². The maximum Gasteiger partial charge on any atom is 0.161 e. The first-order valence-electron chi connectivity index (χ1n) is 10.3. The molecule has 0 atom stereocenters. The van der Waals surface area contributed by atoms with Gasteiger partial charge in [-0.2, -0.15) is 0 Å². The van der Waals surface area contributed by atoms with Crippen LogP contribution in [0.4, 0.5) is 28.7 Å². The van der Waals surface area contributed by atoms with Crippen molar-refractivity contribution in [3.8, 4) is 5.75 Å². The Morgan fingerprint density at radius 3 is 2.23 bits per heavy atom. The highest BCUT2D eigenvalue weighted by atomic mass is 16.5. The molecule has 0 aliphatic carbocycles. The predicted molar refractivity (Wildman–Crippen MR) is 123 cm³/mol. The van der Waals surface area contributed by atoms with E-state index in [4.69, 9.17) is 10.5 Å². The van der Waals surface area contributed by atoms with Crippen LogP contribution in [0, 0.1) is 0 Å². The van der Waals surface area contributed by atoms with Gasteiger partial charge in [0.25, 0.3) is 0 Å². The number of hydrogen-bond acceptors (Lipinski definition) is 7. The summed E-state index contributed by atoms with van der Waals surface area (Å²) in [7, 11) is 1.69. The highest BCUT2D eigenvalue weighted by Crippen LogP contribution is 2.33. The van der Waals surface area contributed by atoms with Gasteiger partial charge in [-0.05, 0) is 43.3 Å². The van der Waals surface area contributed by atoms with Gasteiger partial charge in [0.2, 0.25) is 0 Å². The number of rotatable bonds is 6. The molecule has 30 heavy (non-hydrogen) atoms. The van der Waals surface area contributed by atoms with Crippen molar-refractivity contribution in [2.45, 2.75) is 6.92 Å². The summed E-state index contributed by atoms with van der Waals surface area (Å²) in [5.74, 6) is 2.44. The number of hydrogen-bond donors (Lipinski definition) is 1. The molecule has 2 heterocycles. The summed E-state index contributed by atoms with van der Waals surface area (Å²) in [5.41, 5.74) is 9.47. The fraction of sp³-hybridized carbons (Fsp3) is 0.304. The van der Waals surface area contributed by atoms with Crippen molar-refractivity contribution in [3.05, 3.63) is 60.9 Å². The molecule has 0 bridgehead atoms. The molecule has 2 N–H and O–H groups in total. The number of piperazine rings is 1. The number of nitrogen functional groups attached to an aromatic ring is 1. The molecular weight excluding hydrogens is 376 g/mol. The molecule has 0 unspecified atom stereocenters. The molecule has 3 aromatic rings. The molecule has 1 saturated heterocycles. The second kappa shape index (κ2) is 8.90. The number of para-hydroxylation sites is 1. The van der Waals surface area contributed by atoms with Crippen LogP contribution in [0.25, 0.3) is 0 Å². The lowest BCUT2D eigenvalue weighted by Crippen LogP contribution is -2.47. The molecule has 0 saturated carbocycles. The molecular formula is C23H28N6O. The molecule has 1 aliphatic rings. The van der Waals surface area contributed by atoms with Crippen LogP contribution >= 0.6 is 0 Å². The molecule has 4 rings (SSSR count). The number of nitrogens with zero attached hydrogens (tertiary/aromatic N) is 5. The zero-order valence-electron chi connectivity index (χ0n) is 17.5. The van der Waals surface area contributed by atoms with Gasteiger partial charge in [-0.15, -0.1) is 0 Å². The first-order chi connectivity index (χ1) is 14.7. The van der Waals surface area contributed by atoms with Crippen LogP contribution in [0.1, 0.15) is 6.92 Å². The zero-order chi connectivity index (χ0) is 20.9. The standard InChI is InChI=1S/C23H28N6O/c1-3-29(19-7-5-4-6-8-19)23-21(24)22(25-17-26-23)28-15-13-27(14-16-28)18-9-11-20(30-2)12-10-18/h4-12,17H,3,13-16,24H2,1-2H3. The van der Waals surface area contributed by atoms with Gasteiger partial charge in [-0.1, -0.05) is 18.2 Å². The van der Waals surface area contributed by atoms with Crippen LogP contribution in [0.15, 0.2) is 60.9 Å². The van der Waals surface area contributed by atoms with E-state index >= 15 is 0 Å². The first-order valence-corrected chi connectivity index (χ1v) is 10.3. The molecule has 7 nitrogen and oxygen atoms in total. The van der Waals surface area contributed by atoms with E-state index in [1.165, 1.54) is 5.69 Å². The second-order valence-corrected chi connectivity index (χ2v) is 7.19. The topological polar surface area (TPSA) is 70.8 Å². The monoisotopic (exact) mass is 404 g/mol. The van der Waals surface area contributed by atoms with Gasteiger partial charge in [0, 0.05) is 44.1 Å². The van der Waals surface area contributed by atoms with Gasteiger partial charge in [-0.25, -0.2) is 9.97 Å². The minimum atomic E-state index is 0.626. The van der Waals surface area contributed by atoms with Gasteiger partial charge in [0.05, 0.1) is 7.11 Å². The van der Waals surface area contributed by atoms with E-state index in [1.807, 2.05) is 30.3 Å². The van der Waals surface area contributed by atoms with Crippen LogP contribution in [0.2, 0.25) is 0 Å². The number of anilines is 5. The fourth-order valence-corrected chi connectivity index (χ4v) is 3.88. The minimum absolute atomic E-state index is 0.626. The number of aromatic nitrogens is 2. The van der Waals surface area contributed by atoms with Crippen molar-refractivity contribution in [1.82, 2.24) is 9.97 Å². The van der Waals surface area contributed by atoms with E-state index in [0.29, 0.717) is 5.69 Å². The Hall–Kier alpha value is -3.48. The largest absolute Gasteiger partial charge is 0.497 e. The predicted octanol–water partition coefficient (Wildman–Crippen LogP) is 3.55. The molecule has 2 aromatic carbocycles. The normalized spacial score (nSPS) is 13.9. The Bertz CT molecular complexity index is 955. The molecule has 156 valence electrons. The van der Waals surface area contributed by atoms with E-state index in [0.717, 1.165) is 55.8 Å². The second-order valence-electron chi connectivity index (χ2n) is 7.19. The molecule has 1 aliphatic heterocycles. The van der Waals surface area contributed by atoms with Gasteiger partial charge in [0.1, 0.15) is 17.8 Å². The van der Waals surface area contributed by atoms with E-state index in [1.54, 1.807) is 13.4 Å². The van der Waals surface area contributed by atoms with Gasteiger partial charge in [0.15, 0.2) is 11.6 Å². The Morgan fingerprint density at radius 2 is 1.60 bits per heavy atom. The number of nitrogens with two attached hydrogens (primary N) is 1. The Morgan fingerprint density at radius 1 is 0.933 bits per heavy atom. The molecule has 1 aromatic heterocycles. The van der Waals surface area contributed by atoms with Crippen molar-refractivity contribution in [2.24, 2.45) is 0 Å². The van der Waals surface area contributed by atoms with Crippen molar-refractivity contribution in [1.29, 1.82) is 0 Å². The SMILES string of the molecule is CCN(c1ccccc1)c1ncnc(N2CCN(c3ccc(OC)cc3)CC2)c1N. The summed E-state index contributed by atoms with van der Waals surface area (Å²) < 4.78 is 5.26. The maximum absolute atomic E-state index is 6.57. The third-order valence-corrected chi connectivity index (χ3v) is 5.50. The lowest BCUT2D eigenvalue weighted by atomic mass is 10.2. The van der Waals surface area contributed by atoms with Gasteiger partial charge >= 0.3 is 0 Å². The zero-order valence-corrected chi connectivity index (χ0v) is 17.5. The highest BCUT2D eigenvalue weighted by molar-refractivity contribution is 5.79. The highest BCUT2D eigenvalue weighted by Gasteiger charge is 2.23. The smallest absolute Gasteiger partial charge is 0.161 e. The Kier molecular flexibility index (Phi) is 5.88. The van der Waals surface area contributed by atoms with Crippen LogP contribution in [0.5, 0.6) is 5.75 Å². The van der Waals surface area contributed by atoms with E-state index in [9.17, 15) is 0 Å². The van der Waals surface area contributed by atoms with Crippen molar-refractivity contribution < 1.29 is 4.74 Å². The first kappa shape index (κ1) is 19.8. The van der Waals surface area contributed by atoms with Crippen molar-refractivity contribution in [2.75, 3.05) is 60.3 Å². The summed E-state index contributed by atoms with van der Waals surface area (Å²) >= 11 is 0. The van der Waals surface area contributed by atoms with Gasteiger partial charge < -0.3 is 25.2 Å². The molecule has 0 spiro atoms. The molecule has 1 fully saturated rings. The summed E-state index contributed by atoms with van der Waals surface area (Å²) in [6, 6.07) is 18.4. The number of ether oxygens (including phenoxy) is 1. The third-order valence-electron chi connectivity index (χ3n) is 5.50. The molecule has 0 radical (unpaired) electrons. The quantitative estimate of drug-likeness (QED) is 0.674. The molecule has 7 heteroatoms. The van der Waals surface area contributed by atoms with E-state index in [2.05, 4.69) is 55.9 Å². The van der Waals surface area contributed by atoms with E-state index in [-0.39, 0.29) is 0 Å². The lowest BCUT2D eigenvalue weighted by molar-refractivity contribution is 0.415. The number of methoxy groups -OCH3 is 1. The average Bonchev–Trinajstić information content (AvgIpc) is 2.82. The van der Waals surface area contributed by atoms with Crippen LogP contribution in [-0.4, -0.2) is 49.8 Å². The summed E-state index contributed by atoms with van der Waals surface area (Å²) in [4.78, 5) is 15.8. The van der Waals surface area contributed by atoms with Crippen molar-refractivity contribution >= 4 is 28.7 Å². The maximum atomic E-state index is 6.57. The average molecular weight is 405 g/mol. The summed E-state index contributed by atoms with van der Waals surface area (Å²) in [6.45, 7) is 6.38. The van der Waals surface area contributed by atoms with Crippen molar-refractivity contribution in [3.63, 3.8) is 0 Å². The Labute approximate surface area is 177 Å². The summed E-state index contributed by atoms with van der Waals surface area (Å²) in [6.07, 6.45) is 1.61. The Balaban J connectivity index is 1.51. The third kappa shape index (κ3) is 3.96. The van der Waals surface area contributed by atoms with E-state index < -0.39 is 0 Å². The summed E-state index contributed by atoms with van der Waals surface area (Å²) in [5, 5.41) is 0. The van der Waals surface area contributed by atoms with Crippen LogP contribution in [-0.2, 0) is 0 Å².